The minimum absolute atomic E-state index is 0.160. The molecular weight excluding hydrogens is 486 g/mol. The van der Waals surface area contributed by atoms with Crippen molar-refractivity contribution in [2.24, 2.45) is 10.4 Å². The third kappa shape index (κ3) is 7.02. The Kier molecular flexibility index (Phi) is 8.34. The molecule has 2 atom stereocenters. The number of nitrogens with zero attached hydrogens (tertiary/aromatic N) is 3. The molecule has 3 rings (SSSR count). The lowest BCUT2D eigenvalue weighted by atomic mass is 9.90. The summed E-state index contributed by atoms with van der Waals surface area (Å²) in [5.74, 6) is -1.39. The summed E-state index contributed by atoms with van der Waals surface area (Å²) < 4.78 is 5.22. The first-order chi connectivity index (χ1) is 17.7. The fourth-order valence-electron chi connectivity index (χ4n) is 3.58. The van der Waals surface area contributed by atoms with Crippen LogP contribution in [0.4, 0.5) is 10.5 Å². The lowest BCUT2D eigenvalue weighted by Gasteiger charge is -2.28. The molecule has 0 aliphatic carbocycles. The van der Waals surface area contributed by atoms with Gasteiger partial charge in [0.1, 0.15) is 11.6 Å². The van der Waals surface area contributed by atoms with Crippen molar-refractivity contribution in [1.82, 2.24) is 15.6 Å². The van der Waals surface area contributed by atoms with Crippen molar-refractivity contribution >= 4 is 35.1 Å². The number of rotatable bonds is 6. The van der Waals surface area contributed by atoms with Gasteiger partial charge in [-0.3, -0.25) is 19.4 Å². The zero-order chi connectivity index (χ0) is 28.3. The number of hydrogen-bond acceptors (Lipinski definition) is 7. The van der Waals surface area contributed by atoms with Gasteiger partial charge in [-0.15, -0.1) is 0 Å². The molecule has 1 unspecified atom stereocenters. The number of Topliss-reactive ketones (excluding diaryl/α,β-unsaturated/α-hetero) is 1. The Bertz CT molecular complexity index is 1240. The van der Waals surface area contributed by atoms with Crippen molar-refractivity contribution in [2.75, 3.05) is 11.4 Å². The molecule has 0 radical (unpaired) electrons. The highest BCUT2D eigenvalue weighted by atomic mass is 16.6. The molecule has 1 aromatic carbocycles. The number of hydrogen-bond donors (Lipinski definition) is 2. The Labute approximate surface area is 222 Å². The van der Waals surface area contributed by atoms with Gasteiger partial charge in [0, 0.05) is 17.2 Å². The fraction of sp³-hybridized carbons (Fsp3) is 0.429. The standard InChI is InChI=1S/C28H35N5O5/c1-17(30-26(37)38-28(5,6)7)24(35)32-23-25(36)33(16-21(34)27(2,3)4)20-14-9-8-12-18(20)22(31-23)19-13-10-11-15-29-19/h8-15,17,23H,16H2,1-7H3,(H,30,37)(H,32,35)/t17-,23?/m0/s1. The predicted octanol–water partition coefficient (Wildman–Crippen LogP) is 3.24. The van der Waals surface area contributed by atoms with Crippen LogP contribution in [-0.4, -0.2) is 58.7 Å². The number of fused-ring (bicyclic) bond motifs is 1. The Balaban J connectivity index is 2.01. The van der Waals surface area contributed by atoms with Crippen molar-refractivity contribution in [3.63, 3.8) is 0 Å². The van der Waals surface area contributed by atoms with E-state index in [1.54, 1.807) is 90.2 Å². The smallest absolute Gasteiger partial charge is 0.408 e. The van der Waals surface area contributed by atoms with Gasteiger partial charge < -0.3 is 20.3 Å². The van der Waals surface area contributed by atoms with Crippen LogP contribution in [0.5, 0.6) is 0 Å². The molecule has 1 aliphatic rings. The molecule has 10 nitrogen and oxygen atoms in total. The van der Waals surface area contributed by atoms with E-state index in [1.165, 1.54) is 11.8 Å². The highest BCUT2D eigenvalue weighted by Gasteiger charge is 2.36. The Hall–Kier alpha value is -4.08. The molecule has 1 aliphatic heterocycles. The summed E-state index contributed by atoms with van der Waals surface area (Å²) in [5, 5.41) is 5.09. The van der Waals surface area contributed by atoms with Gasteiger partial charge >= 0.3 is 6.09 Å². The zero-order valence-corrected chi connectivity index (χ0v) is 22.9. The van der Waals surface area contributed by atoms with Crippen LogP contribution in [0.2, 0.25) is 0 Å². The average Bonchev–Trinajstić information content (AvgIpc) is 2.93. The van der Waals surface area contributed by atoms with E-state index in [0.717, 1.165) is 0 Å². The molecule has 0 saturated carbocycles. The van der Waals surface area contributed by atoms with Gasteiger partial charge in [0.25, 0.3) is 5.91 Å². The molecule has 2 aromatic rings. The van der Waals surface area contributed by atoms with Crippen molar-refractivity contribution in [1.29, 1.82) is 0 Å². The minimum atomic E-state index is -1.37. The second-order valence-electron chi connectivity index (χ2n) is 11.1. The normalized spacial score (nSPS) is 16.5. The van der Waals surface area contributed by atoms with Gasteiger partial charge in [0.15, 0.2) is 5.78 Å². The number of benzene rings is 1. The third-order valence-corrected chi connectivity index (χ3v) is 5.66. The number of carbonyl (C=O) groups excluding carboxylic acids is 4. The highest BCUT2D eigenvalue weighted by Crippen LogP contribution is 2.29. The summed E-state index contributed by atoms with van der Waals surface area (Å²) in [5.41, 5.74) is 0.519. The molecule has 0 bridgehead atoms. The van der Waals surface area contributed by atoms with Crippen LogP contribution in [-0.2, 0) is 19.1 Å². The Morgan fingerprint density at radius 1 is 1.03 bits per heavy atom. The number of nitrogens with one attached hydrogen (secondary N) is 2. The van der Waals surface area contributed by atoms with Crippen LogP contribution in [0.15, 0.2) is 53.7 Å². The quantitative estimate of drug-likeness (QED) is 0.600. The predicted molar refractivity (Wildman–Crippen MR) is 144 cm³/mol. The molecule has 3 amide bonds. The topological polar surface area (TPSA) is 130 Å². The second-order valence-corrected chi connectivity index (χ2v) is 11.1. The maximum Gasteiger partial charge on any atom is 0.408 e. The number of pyridine rings is 1. The number of alkyl carbamates (subject to hydrolysis) is 1. The Morgan fingerprint density at radius 3 is 2.29 bits per heavy atom. The van der Waals surface area contributed by atoms with Gasteiger partial charge in [-0.2, -0.15) is 0 Å². The maximum absolute atomic E-state index is 13.8. The number of amides is 3. The van der Waals surface area contributed by atoms with Gasteiger partial charge in [-0.25, -0.2) is 9.79 Å². The van der Waals surface area contributed by atoms with Crippen molar-refractivity contribution < 1.29 is 23.9 Å². The van der Waals surface area contributed by atoms with Crippen molar-refractivity contribution in [3.8, 4) is 0 Å². The van der Waals surface area contributed by atoms with E-state index < -0.39 is 41.1 Å². The van der Waals surface area contributed by atoms with E-state index in [2.05, 4.69) is 20.6 Å². The largest absolute Gasteiger partial charge is 0.444 e. The number of carbonyl (C=O) groups is 4. The first-order valence-electron chi connectivity index (χ1n) is 12.4. The number of para-hydroxylation sites is 1. The molecule has 10 heteroatoms. The van der Waals surface area contributed by atoms with Crippen molar-refractivity contribution in [2.45, 2.75) is 66.3 Å². The molecule has 202 valence electrons. The second kappa shape index (κ2) is 11.1. The summed E-state index contributed by atoms with van der Waals surface area (Å²) in [6, 6.07) is 11.4. The van der Waals surface area contributed by atoms with E-state index in [0.29, 0.717) is 22.7 Å². The molecule has 2 heterocycles. The number of aromatic nitrogens is 1. The Morgan fingerprint density at radius 2 is 1.68 bits per heavy atom. The number of ketones is 1. The number of aliphatic imine (C=N–C) groups is 1. The molecule has 0 fully saturated rings. The van der Waals surface area contributed by atoms with Crippen LogP contribution in [0.25, 0.3) is 0 Å². The first kappa shape index (κ1) is 28.5. The summed E-state index contributed by atoms with van der Waals surface area (Å²) in [6.07, 6.45) is -0.536. The summed E-state index contributed by atoms with van der Waals surface area (Å²) >= 11 is 0. The summed E-state index contributed by atoms with van der Waals surface area (Å²) in [6.45, 7) is 11.7. The zero-order valence-electron chi connectivity index (χ0n) is 22.9. The third-order valence-electron chi connectivity index (χ3n) is 5.66. The minimum Gasteiger partial charge on any atom is -0.444 e. The van der Waals surface area contributed by atoms with Gasteiger partial charge in [0.05, 0.1) is 23.6 Å². The molecular formula is C28H35N5O5. The monoisotopic (exact) mass is 521 g/mol. The van der Waals surface area contributed by atoms with Crippen LogP contribution < -0.4 is 15.5 Å². The molecule has 2 N–H and O–H groups in total. The lowest BCUT2D eigenvalue weighted by Crippen LogP contribution is -2.54. The van der Waals surface area contributed by atoms with E-state index in [9.17, 15) is 19.2 Å². The number of ether oxygens (including phenoxy) is 1. The summed E-state index contributed by atoms with van der Waals surface area (Å²) in [4.78, 5) is 62.5. The first-order valence-corrected chi connectivity index (χ1v) is 12.4. The van der Waals surface area contributed by atoms with E-state index in [-0.39, 0.29) is 12.3 Å². The fourth-order valence-corrected chi connectivity index (χ4v) is 3.58. The van der Waals surface area contributed by atoms with Crippen LogP contribution in [0.1, 0.15) is 59.7 Å². The maximum atomic E-state index is 13.8. The van der Waals surface area contributed by atoms with Gasteiger partial charge in [-0.1, -0.05) is 45.0 Å². The highest BCUT2D eigenvalue weighted by molar-refractivity contribution is 6.20. The van der Waals surface area contributed by atoms with E-state index in [1.807, 2.05) is 0 Å². The van der Waals surface area contributed by atoms with Crippen LogP contribution >= 0.6 is 0 Å². The lowest BCUT2D eigenvalue weighted by molar-refractivity contribution is -0.129. The van der Waals surface area contributed by atoms with E-state index >= 15 is 0 Å². The number of anilines is 1. The molecule has 0 saturated heterocycles. The van der Waals surface area contributed by atoms with Gasteiger partial charge in [0.2, 0.25) is 12.1 Å². The molecule has 0 spiro atoms. The molecule has 38 heavy (non-hydrogen) atoms. The van der Waals surface area contributed by atoms with Crippen LogP contribution in [0.3, 0.4) is 0 Å². The van der Waals surface area contributed by atoms with Gasteiger partial charge in [-0.05, 0) is 45.9 Å². The van der Waals surface area contributed by atoms with Crippen molar-refractivity contribution in [3.05, 3.63) is 59.9 Å². The number of benzodiazepines with no additional fused rings is 1. The SMILES string of the molecule is C[C@H](NC(=O)OC(C)(C)C)C(=O)NC1N=C(c2ccccn2)c2ccccc2N(CC(=O)C(C)(C)C)C1=O. The summed E-state index contributed by atoms with van der Waals surface area (Å²) in [7, 11) is 0. The average molecular weight is 522 g/mol. The van der Waals surface area contributed by atoms with E-state index in [4.69, 9.17) is 4.74 Å². The molecule has 1 aromatic heterocycles. The van der Waals surface area contributed by atoms with Crippen LogP contribution in [0, 0.1) is 5.41 Å².